The molecule has 2 aromatic carbocycles. The van der Waals surface area contributed by atoms with Gasteiger partial charge in [-0.25, -0.2) is 0 Å². The van der Waals surface area contributed by atoms with Gasteiger partial charge in [-0.2, -0.15) is 0 Å². The molecule has 0 spiro atoms. The van der Waals surface area contributed by atoms with Crippen LogP contribution in [0.1, 0.15) is 30.5 Å². The van der Waals surface area contributed by atoms with Crippen LogP contribution in [-0.2, 0) is 16.0 Å². The van der Waals surface area contributed by atoms with E-state index in [0.717, 1.165) is 11.1 Å². The minimum atomic E-state index is -0.293. The van der Waals surface area contributed by atoms with E-state index in [4.69, 9.17) is 9.47 Å². The number of carbonyl (C=O) groups is 2. The molecule has 0 N–H and O–H groups in total. The van der Waals surface area contributed by atoms with E-state index in [9.17, 15) is 9.59 Å². The molecule has 2 atom stereocenters. The van der Waals surface area contributed by atoms with E-state index < -0.39 is 0 Å². The maximum atomic E-state index is 13.0. The Labute approximate surface area is 178 Å². The van der Waals surface area contributed by atoms with Gasteiger partial charge in [-0.15, -0.1) is 0 Å². The molecule has 0 aliphatic carbocycles. The van der Waals surface area contributed by atoms with Crippen molar-refractivity contribution in [1.29, 1.82) is 0 Å². The number of hydrogen-bond acceptors (Lipinski definition) is 4. The molecule has 1 heterocycles. The Morgan fingerprint density at radius 1 is 1.13 bits per heavy atom. The van der Waals surface area contributed by atoms with Crippen molar-refractivity contribution < 1.29 is 19.1 Å². The summed E-state index contributed by atoms with van der Waals surface area (Å²) < 4.78 is 10.6. The lowest BCUT2D eigenvalue weighted by molar-refractivity contribution is -0.136. The lowest BCUT2D eigenvalue weighted by Crippen LogP contribution is -2.36. The summed E-state index contributed by atoms with van der Waals surface area (Å²) >= 11 is 0. The van der Waals surface area contributed by atoms with Crippen LogP contribution in [0.2, 0.25) is 0 Å². The number of benzene rings is 2. The SMILES string of the molecule is COc1ccc(CCN2CC(C(=O)N(C)C(C)c3ccccc3)CC2=O)cc1OC. The molecule has 3 rings (SSSR count). The van der Waals surface area contributed by atoms with Crippen LogP contribution in [0.4, 0.5) is 0 Å². The van der Waals surface area contributed by atoms with Gasteiger partial charge >= 0.3 is 0 Å². The van der Waals surface area contributed by atoms with Gasteiger partial charge in [-0.3, -0.25) is 9.59 Å². The van der Waals surface area contributed by atoms with E-state index in [2.05, 4.69) is 0 Å². The van der Waals surface area contributed by atoms with E-state index in [-0.39, 0.29) is 30.2 Å². The van der Waals surface area contributed by atoms with Gasteiger partial charge in [0.2, 0.25) is 11.8 Å². The van der Waals surface area contributed by atoms with E-state index in [1.165, 1.54) is 0 Å². The molecule has 1 aliphatic rings. The van der Waals surface area contributed by atoms with Crippen LogP contribution >= 0.6 is 0 Å². The molecule has 0 bridgehead atoms. The van der Waals surface area contributed by atoms with Crippen molar-refractivity contribution >= 4 is 11.8 Å². The predicted molar refractivity (Wildman–Crippen MR) is 116 cm³/mol. The van der Waals surface area contributed by atoms with Gasteiger partial charge in [0, 0.05) is 26.6 Å². The van der Waals surface area contributed by atoms with Crippen molar-refractivity contribution in [2.75, 3.05) is 34.4 Å². The second-order valence-corrected chi connectivity index (χ2v) is 7.72. The van der Waals surface area contributed by atoms with Crippen LogP contribution in [0.5, 0.6) is 11.5 Å². The zero-order chi connectivity index (χ0) is 21.7. The van der Waals surface area contributed by atoms with Crippen molar-refractivity contribution in [3.05, 3.63) is 59.7 Å². The molecule has 0 aromatic heterocycles. The van der Waals surface area contributed by atoms with Crippen LogP contribution in [0, 0.1) is 5.92 Å². The van der Waals surface area contributed by atoms with Gasteiger partial charge in [0.05, 0.1) is 26.2 Å². The normalized spacial score (nSPS) is 17.0. The number of likely N-dealkylation sites (tertiary alicyclic amines) is 1. The highest BCUT2D eigenvalue weighted by Gasteiger charge is 2.36. The Bertz CT molecular complexity index is 884. The molecule has 0 saturated carbocycles. The van der Waals surface area contributed by atoms with E-state index in [1.807, 2.05) is 62.5 Å². The van der Waals surface area contributed by atoms with E-state index in [0.29, 0.717) is 31.0 Å². The third kappa shape index (κ3) is 4.75. The van der Waals surface area contributed by atoms with E-state index >= 15 is 0 Å². The number of methoxy groups -OCH3 is 2. The molecule has 1 fully saturated rings. The first-order valence-corrected chi connectivity index (χ1v) is 10.2. The van der Waals surface area contributed by atoms with Gasteiger partial charge in [-0.1, -0.05) is 36.4 Å². The molecule has 6 nitrogen and oxygen atoms in total. The van der Waals surface area contributed by atoms with Crippen LogP contribution in [0.25, 0.3) is 0 Å². The fraction of sp³-hybridized carbons (Fsp3) is 0.417. The molecule has 2 amide bonds. The number of rotatable bonds is 8. The smallest absolute Gasteiger partial charge is 0.228 e. The summed E-state index contributed by atoms with van der Waals surface area (Å²) in [5.74, 6) is 1.12. The zero-order valence-electron chi connectivity index (χ0n) is 18.1. The molecule has 1 saturated heterocycles. The third-order valence-corrected chi connectivity index (χ3v) is 5.89. The predicted octanol–water partition coefficient (Wildman–Crippen LogP) is 3.31. The Morgan fingerprint density at radius 2 is 1.83 bits per heavy atom. The summed E-state index contributed by atoms with van der Waals surface area (Å²) in [6, 6.07) is 15.7. The molecule has 1 aliphatic heterocycles. The lowest BCUT2D eigenvalue weighted by atomic mass is 10.0. The Hall–Kier alpha value is -3.02. The van der Waals surface area contributed by atoms with Gasteiger partial charge < -0.3 is 19.3 Å². The highest BCUT2D eigenvalue weighted by Crippen LogP contribution is 2.29. The fourth-order valence-corrected chi connectivity index (χ4v) is 3.89. The summed E-state index contributed by atoms with van der Waals surface area (Å²) in [4.78, 5) is 29.1. The molecule has 30 heavy (non-hydrogen) atoms. The average molecular weight is 411 g/mol. The third-order valence-electron chi connectivity index (χ3n) is 5.89. The second kappa shape index (κ2) is 9.65. The highest BCUT2D eigenvalue weighted by molar-refractivity contribution is 5.89. The standard InChI is InChI=1S/C24H30N2O4/c1-17(19-8-6-5-7-9-19)25(2)24(28)20-15-23(27)26(16-20)13-12-18-10-11-21(29-3)22(14-18)30-4/h5-11,14,17,20H,12-13,15-16H2,1-4H3. The van der Waals surface area contributed by atoms with Gasteiger partial charge in [-0.05, 0) is 36.6 Å². The molecule has 0 radical (unpaired) electrons. The van der Waals surface area contributed by atoms with Crippen molar-refractivity contribution in [2.45, 2.75) is 25.8 Å². The van der Waals surface area contributed by atoms with Gasteiger partial charge in [0.1, 0.15) is 0 Å². The fourth-order valence-electron chi connectivity index (χ4n) is 3.89. The zero-order valence-corrected chi connectivity index (χ0v) is 18.1. The van der Waals surface area contributed by atoms with Crippen LogP contribution in [-0.4, -0.2) is 56.0 Å². The summed E-state index contributed by atoms with van der Waals surface area (Å²) in [6.45, 7) is 3.06. The van der Waals surface area contributed by atoms with Crippen molar-refractivity contribution in [1.82, 2.24) is 9.80 Å². The molecule has 6 heteroatoms. The molecular formula is C24H30N2O4. The van der Waals surface area contributed by atoms with Crippen LogP contribution < -0.4 is 9.47 Å². The quantitative estimate of drug-likeness (QED) is 0.670. The molecule has 160 valence electrons. The van der Waals surface area contributed by atoms with E-state index in [1.54, 1.807) is 24.0 Å². The Balaban J connectivity index is 1.59. The summed E-state index contributed by atoms with van der Waals surface area (Å²) in [5, 5.41) is 0. The van der Waals surface area contributed by atoms with Crippen molar-refractivity contribution in [3.63, 3.8) is 0 Å². The van der Waals surface area contributed by atoms with Crippen LogP contribution in [0.3, 0.4) is 0 Å². The van der Waals surface area contributed by atoms with Gasteiger partial charge in [0.15, 0.2) is 11.5 Å². The maximum absolute atomic E-state index is 13.0. The largest absolute Gasteiger partial charge is 0.493 e. The minimum Gasteiger partial charge on any atom is -0.493 e. The number of carbonyl (C=O) groups excluding carboxylic acids is 2. The topological polar surface area (TPSA) is 59.1 Å². The molecular weight excluding hydrogens is 380 g/mol. The first-order chi connectivity index (χ1) is 14.4. The first kappa shape index (κ1) is 21.7. The Morgan fingerprint density at radius 3 is 2.50 bits per heavy atom. The average Bonchev–Trinajstić information content (AvgIpc) is 3.16. The maximum Gasteiger partial charge on any atom is 0.228 e. The minimum absolute atomic E-state index is 0.0216. The summed E-state index contributed by atoms with van der Waals surface area (Å²) in [7, 11) is 5.03. The summed E-state index contributed by atoms with van der Waals surface area (Å²) in [6.07, 6.45) is 0.972. The van der Waals surface area contributed by atoms with Crippen LogP contribution in [0.15, 0.2) is 48.5 Å². The second-order valence-electron chi connectivity index (χ2n) is 7.72. The first-order valence-electron chi connectivity index (χ1n) is 10.2. The Kier molecular flexibility index (Phi) is 6.98. The number of nitrogens with zero attached hydrogens (tertiary/aromatic N) is 2. The lowest BCUT2D eigenvalue weighted by Gasteiger charge is -2.28. The molecule has 2 aromatic rings. The number of amides is 2. The number of hydrogen-bond donors (Lipinski definition) is 0. The molecule has 2 unspecified atom stereocenters. The number of ether oxygens (including phenoxy) is 2. The monoisotopic (exact) mass is 410 g/mol. The van der Waals surface area contributed by atoms with Crippen molar-refractivity contribution in [2.24, 2.45) is 5.92 Å². The van der Waals surface area contributed by atoms with Gasteiger partial charge in [0.25, 0.3) is 0 Å². The van der Waals surface area contributed by atoms with Crippen molar-refractivity contribution in [3.8, 4) is 11.5 Å². The highest BCUT2D eigenvalue weighted by atomic mass is 16.5. The summed E-state index contributed by atoms with van der Waals surface area (Å²) in [5.41, 5.74) is 2.15.